The van der Waals surface area contributed by atoms with Gasteiger partial charge in [0.05, 0.1) is 13.2 Å². The maximum atomic E-state index is 5.56. The van der Waals surface area contributed by atoms with Gasteiger partial charge in [-0.2, -0.15) is 0 Å². The van der Waals surface area contributed by atoms with E-state index in [1.807, 2.05) is 0 Å². The first-order valence-electron chi connectivity index (χ1n) is 5.73. The fraction of sp³-hybridized carbons (Fsp3) is 0.818. The molecule has 0 bridgehead atoms. The van der Waals surface area contributed by atoms with Gasteiger partial charge in [-0.1, -0.05) is 11.3 Å². The van der Waals surface area contributed by atoms with Crippen molar-refractivity contribution in [2.24, 2.45) is 5.92 Å². The minimum Gasteiger partial charge on any atom is -0.469 e. The normalized spacial score (nSPS) is 16.4. The van der Waals surface area contributed by atoms with Gasteiger partial charge in [0.25, 0.3) is 5.19 Å². The zero-order chi connectivity index (χ0) is 11.6. The molecule has 16 heavy (non-hydrogen) atoms. The average molecular weight is 241 g/mol. The molecule has 1 aromatic rings. The molecule has 2 rings (SSSR count). The van der Waals surface area contributed by atoms with Gasteiger partial charge >= 0.3 is 0 Å². The van der Waals surface area contributed by atoms with Crippen LogP contribution in [-0.4, -0.2) is 22.3 Å². The van der Waals surface area contributed by atoms with Gasteiger partial charge in [-0.15, -0.1) is 10.2 Å². The summed E-state index contributed by atoms with van der Waals surface area (Å²) in [6.45, 7) is 7.98. The molecular formula is C11H19N3OS. The van der Waals surface area contributed by atoms with E-state index in [4.69, 9.17) is 4.74 Å². The summed E-state index contributed by atoms with van der Waals surface area (Å²) in [5, 5.41) is 13.2. The van der Waals surface area contributed by atoms with Crippen LogP contribution in [0.15, 0.2) is 0 Å². The molecule has 1 N–H and O–H groups in total. The minimum atomic E-state index is 0.112. The lowest BCUT2D eigenvalue weighted by molar-refractivity contribution is 0.296. The van der Waals surface area contributed by atoms with E-state index in [1.54, 1.807) is 0 Å². The Morgan fingerprint density at radius 2 is 2.12 bits per heavy atom. The van der Waals surface area contributed by atoms with Gasteiger partial charge in [-0.25, -0.2) is 0 Å². The van der Waals surface area contributed by atoms with Gasteiger partial charge in [0, 0.05) is 5.54 Å². The SMILES string of the molecule is CC(C)(C)NCc1nnc(OCC2CC2)s1. The van der Waals surface area contributed by atoms with Crippen molar-refractivity contribution < 1.29 is 4.74 Å². The van der Waals surface area contributed by atoms with Crippen LogP contribution in [-0.2, 0) is 6.54 Å². The molecule has 1 aromatic heterocycles. The van der Waals surface area contributed by atoms with E-state index in [0.29, 0.717) is 5.19 Å². The van der Waals surface area contributed by atoms with Crippen LogP contribution >= 0.6 is 11.3 Å². The summed E-state index contributed by atoms with van der Waals surface area (Å²) in [6.07, 6.45) is 2.61. The topological polar surface area (TPSA) is 47.0 Å². The summed E-state index contributed by atoms with van der Waals surface area (Å²) < 4.78 is 5.56. The summed E-state index contributed by atoms with van der Waals surface area (Å²) in [5.74, 6) is 0.764. The number of nitrogens with zero attached hydrogens (tertiary/aromatic N) is 2. The van der Waals surface area contributed by atoms with Crippen LogP contribution < -0.4 is 10.1 Å². The first kappa shape index (κ1) is 11.8. The third-order valence-corrected chi connectivity index (χ3v) is 3.19. The Labute approximate surface area is 100 Å². The zero-order valence-electron chi connectivity index (χ0n) is 10.1. The molecule has 1 aliphatic rings. The molecule has 1 heterocycles. The summed E-state index contributed by atoms with van der Waals surface area (Å²) in [5.41, 5.74) is 0.112. The molecule has 5 heteroatoms. The molecular weight excluding hydrogens is 222 g/mol. The van der Waals surface area contributed by atoms with Gasteiger partial charge in [0.1, 0.15) is 5.01 Å². The van der Waals surface area contributed by atoms with Crippen LogP contribution in [0.5, 0.6) is 5.19 Å². The Morgan fingerprint density at radius 1 is 1.38 bits per heavy atom. The van der Waals surface area contributed by atoms with E-state index in [9.17, 15) is 0 Å². The predicted molar refractivity (Wildman–Crippen MR) is 64.7 cm³/mol. The summed E-state index contributed by atoms with van der Waals surface area (Å²) in [7, 11) is 0. The highest BCUT2D eigenvalue weighted by Gasteiger charge is 2.22. The predicted octanol–water partition coefficient (Wildman–Crippen LogP) is 2.21. The van der Waals surface area contributed by atoms with Crippen LogP contribution in [0.3, 0.4) is 0 Å². The summed E-state index contributed by atoms with van der Waals surface area (Å²) in [6, 6.07) is 0. The fourth-order valence-corrected chi connectivity index (χ4v) is 1.82. The van der Waals surface area contributed by atoms with Gasteiger partial charge in [0.2, 0.25) is 0 Å². The van der Waals surface area contributed by atoms with E-state index in [0.717, 1.165) is 24.1 Å². The third-order valence-electron chi connectivity index (χ3n) is 2.36. The Balaban J connectivity index is 1.77. The van der Waals surface area contributed by atoms with Gasteiger partial charge in [-0.3, -0.25) is 0 Å². The number of aromatic nitrogens is 2. The fourth-order valence-electron chi connectivity index (χ4n) is 1.18. The van der Waals surface area contributed by atoms with Crippen molar-refractivity contribution in [3.63, 3.8) is 0 Å². The second-order valence-corrected chi connectivity index (χ2v) is 6.34. The number of rotatable bonds is 5. The van der Waals surface area contributed by atoms with E-state index in [-0.39, 0.29) is 5.54 Å². The molecule has 0 unspecified atom stereocenters. The van der Waals surface area contributed by atoms with Crippen LogP contribution in [0.1, 0.15) is 38.6 Å². The molecule has 0 aromatic carbocycles. The van der Waals surface area contributed by atoms with E-state index >= 15 is 0 Å². The molecule has 0 aliphatic heterocycles. The molecule has 0 atom stereocenters. The van der Waals surface area contributed by atoms with E-state index in [2.05, 4.69) is 36.3 Å². The maximum absolute atomic E-state index is 5.56. The van der Waals surface area contributed by atoms with Crippen LogP contribution in [0, 0.1) is 5.92 Å². The minimum absolute atomic E-state index is 0.112. The molecule has 4 nitrogen and oxygen atoms in total. The number of nitrogens with one attached hydrogen (secondary N) is 1. The molecule has 90 valence electrons. The molecule has 0 saturated heterocycles. The smallest absolute Gasteiger partial charge is 0.294 e. The van der Waals surface area contributed by atoms with Crippen molar-refractivity contribution in [2.45, 2.75) is 45.7 Å². The van der Waals surface area contributed by atoms with E-state index < -0.39 is 0 Å². The number of hydrogen-bond donors (Lipinski definition) is 1. The molecule has 0 amide bonds. The zero-order valence-corrected chi connectivity index (χ0v) is 10.9. The first-order chi connectivity index (χ1) is 7.53. The summed E-state index contributed by atoms with van der Waals surface area (Å²) in [4.78, 5) is 0. The van der Waals surface area contributed by atoms with Gasteiger partial charge < -0.3 is 10.1 Å². The van der Waals surface area contributed by atoms with Crippen LogP contribution in [0.25, 0.3) is 0 Å². The average Bonchev–Trinajstić information content (AvgIpc) is 2.91. The second-order valence-electron chi connectivity index (χ2n) is 5.32. The van der Waals surface area contributed by atoms with Crippen LogP contribution in [0.2, 0.25) is 0 Å². The van der Waals surface area contributed by atoms with Crippen molar-refractivity contribution in [1.82, 2.24) is 15.5 Å². The highest BCUT2D eigenvalue weighted by molar-refractivity contribution is 7.13. The standard InChI is InChI=1S/C11H19N3OS/c1-11(2,3)12-6-9-13-14-10(16-9)15-7-8-4-5-8/h8,12H,4-7H2,1-3H3. The molecule has 1 fully saturated rings. The monoisotopic (exact) mass is 241 g/mol. The molecule has 1 saturated carbocycles. The molecule has 0 spiro atoms. The van der Waals surface area contributed by atoms with E-state index in [1.165, 1.54) is 24.2 Å². The van der Waals surface area contributed by atoms with Crippen molar-refractivity contribution >= 4 is 11.3 Å². The number of hydrogen-bond acceptors (Lipinski definition) is 5. The lowest BCUT2D eigenvalue weighted by Crippen LogP contribution is -2.35. The van der Waals surface area contributed by atoms with Crippen LogP contribution in [0.4, 0.5) is 0 Å². The highest BCUT2D eigenvalue weighted by atomic mass is 32.1. The first-order valence-corrected chi connectivity index (χ1v) is 6.55. The molecule has 1 aliphatic carbocycles. The van der Waals surface area contributed by atoms with Gasteiger partial charge in [0.15, 0.2) is 0 Å². The second kappa shape index (κ2) is 4.67. The Hall–Kier alpha value is -0.680. The largest absolute Gasteiger partial charge is 0.469 e. The summed E-state index contributed by atoms with van der Waals surface area (Å²) >= 11 is 1.54. The molecule has 0 radical (unpaired) electrons. The van der Waals surface area contributed by atoms with Crippen molar-refractivity contribution in [2.75, 3.05) is 6.61 Å². The third kappa shape index (κ3) is 4.06. The lowest BCUT2D eigenvalue weighted by Gasteiger charge is -2.19. The quantitative estimate of drug-likeness (QED) is 0.858. The Morgan fingerprint density at radius 3 is 2.75 bits per heavy atom. The maximum Gasteiger partial charge on any atom is 0.294 e. The lowest BCUT2D eigenvalue weighted by atomic mass is 10.1. The van der Waals surface area contributed by atoms with Crippen molar-refractivity contribution in [3.8, 4) is 5.19 Å². The Kier molecular flexibility index (Phi) is 3.44. The van der Waals surface area contributed by atoms with Crippen molar-refractivity contribution in [3.05, 3.63) is 5.01 Å². The highest BCUT2D eigenvalue weighted by Crippen LogP contribution is 2.30. The number of ether oxygens (including phenoxy) is 1. The Bertz CT molecular complexity index is 341. The van der Waals surface area contributed by atoms with Gasteiger partial charge in [-0.05, 0) is 39.5 Å². The van der Waals surface area contributed by atoms with Crippen molar-refractivity contribution in [1.29, 1.82) is 0 Å².